The van der Waals surface area contributed by atoms with Gasteiger partial charge in [-0.1, -0.05) is 66.7 Å². The fourth-order valence-corrected chi connectivity index (χ4v) is 5.80. The topological polar surface area (TPSA) is 148 Å². The van der Waals surface area contributed by atoms with Crippen molar-refractivity contribution in [2.45, 2.75) is 50.4 Å². The van der Waals surface area contributed by atoms with E-state index in [0.717, 1.165) is 24.0 Å². The van der Waals surface area contributed by atoms with Crippen LogP contribution in [-0.4, -0.2) is 47.2 Å². The molecule has 3 aromatic rings. The number of nitrogens with zero attached hydrogens (tertiary/aromatic N) is 1. The summed E-state index contributed by atoms with van der Waals surface area (Å²) in [5.74, 6) is -1.93. The lowest BCUT2D eigenvalue weighted by Gasteiger charge is -2.49. The van der Waals surface area contributed by atoms with Crippen molar-refractivity contribution < 1.29 is 19.2 Å². The molecule has 212 valence electrons. The number of nitrogens with two attached hydrogens (primary N) is 2. The Morgan fingerprint density at radius 1 is 0.976 bits per heavy atom. The van der Waals surface area contributed by atoms with E-state index in [2.05, 4.69) is 22.8 Å². The van der Waals surface area contributed by atoms with E-state index in [0.29, 0.717) is 11.1 Å². The van der Waals surface area contributed by atoms with Crippen molar-refractivity contribution in [2.24, 2.45) is 17.4 Å². The molecule has 9 nitrogen and oxygen atoms in total. The van der Waals surface area contributed by atoms with Crippen molar-refractivity contribution in [3.63, 3.8) is 0 Å². The highest BCUT2D eigenvalue weighted by molar-refractivity contribution is 5.94. The molecule has 0 aromatic heterocycles. The van der Waals surface area contributed by atoms with E-state index in [9.17, 15) is 19.2 Å². The smallest absolute Gasteiger partial charge is 0.248 e. The first-order chi connectivity index (χ1) is 19.7. The number of rotatable bonds is 9. The summed E-state index contributed by atoms with van der Waals surface area (Å²) in [6, 6.07) is 21.9. The number of aryl methyl sites for hydroxylation is 1. The zero-order valence-corrected chi connectivity index (χ0v) is 23.0. The Morgan fingerprint density at radius 3 is 2.44 bits per heavy atom. The van der Waals surface area contributed by atoms with E-state index < -0.39 is 35.9 Å². The third-order valence-corrected chi connectivity index (χ3v) is 8.00. The monoisotopic (exact) mass is 553 g/mol. The summed E-state index contributed by atoms with van der Waals surface area (Å²) in [6.07, 6.45) is 1.88. The molecule has 3 aromatic carbocycles. The second-order valence-corrected chi connectivity index (χ2v) is 10.9. The van der Waals surface area contributed by atoms with Crippen LogP contribution in [0.3, 0.4) is 0 Å². The average Bonchev–Trinajstić information content (AvgIpc) is 3.35. The maximum atomic E-state index is 14.0. The number of likely N-dealkylation sites (tertiary alicyclic amines) is 1. The van der Waals surface area contributed by atoms with Crippen LogP contribution in [-0.2, 0) is 27.2 Å². The van der Waals surface area contributed by atoms with Gasteiger partial charge in [-0.2, -0.15) is 0 Å². The first-order valence-corrected chi connectivity index (χ1v) is 13.9. The van der Waals surface area contributed by atoms with Crippen LogP contribution in [0, 0.1) is 5.92 Å². The van der Waals surface area contributed by atoms with E-state index in [1.807, 2.05) is 42.5 Å². The number of nitrogens with one attached hydrogen (secondary N) is 2. The molecule has 6 N–H and O–H groups in total. The summed E-state index contributed by atoms with van der Waals surface area (Å²) in [4.78, 5) is 53.6. The van der Waals surface area contributed by atoms with Crippen molar-refractivity contribution in [1.29, 1.82) is 0 Å². The molecule has 0 spiro atoms. The van der Waals surface area contributed by atoms with Crippen LogP contribution in [0.25, 0.3) is 0 Å². The number of hydrogen-bond acceptors (Lipinski definition) is 5. The Bertz CT molecular complexity index is 1460. The van der Waals surface area contributed by atoms with Crippen LogP contribution in [0.5, 0.6) is 0 Å². The molecule has 4 amide bonds. The fraction of sp³-hybridized carbons (Fsp3) is 0.312. The lowest BCUT2D eigenvalue weighted by atomic mass is 9.81. The molecule has 5 atom stereocenters. The van der Waals surface area contributed by atoms with Crippen molar-refractivity contribution >= 4 is 23.6 Å². The number of amides is 4. The molecule has 0 radical (unpaired) electrons. The molecule has 1 aliphatic heterocycles. The third-order valence-electron chi connectivity index (χ3n) is 8.00. The average molecular weight is 554 g/mol. The molecular weight excluding hydrogens is 518 g/mol. The molecule has 0 bridgehead atoms. The van der Waals surface area contributed by atoms with Gasteiger partial charge in [-0.05, 0) is 54.2 Å². The molecule has 5 unspecified atom stereocenters. The van der Waals surface area contributed by atoms with Gasteiger partial charge in [0.25, 0.3) is 0 Å². The first-order valence-electron chi connectivity index (χ1n) is 13.9. The van der Waals surface area contributed by atoms with E-state index in [-0.39, 0.29) is 30.8 Å². The molecule has 1 fully saturated rings. The van der Waals surface area contributed by atoms with Gasteiger partial charge in [0.15, 0.2) is 0 Å². The van der Waals surface area contributed by atoms with Gasteiger partial charge < -0.3 is 27.0 Å². The Balaban J connectivity index is 1.38. The predicted molar refractivity (Wildman–Crippen MR) is 154 cm³/mol. The maximum Gasteiger partial charge on any atom is 0.248 e. The minimum absolute atomic E-state index is 0.0597. The summed E-state index contributed by atoms with van der Waals surface area (Å²) in [6.45, 7) is 1.76. The van der Waals surface area contributed by atoms with Crippen molar-refractivity contribution in [1.82, 2.24) is 15.5 Å². The van der Waals surface area contributed by atoms with E-state index in [1.54, 1.807) is 36.1 Å². The number of hydrogen-bond donors (Lipinski definition) is 4. The Hall–Kier alpha value is -4.50. The highest BCUT2D eigenvalue weighted by Crippen LogP contribution is 2.41. The molecule has 41 heavy (non-hydrogen) atoms. The fourth-order valence-electron chi connectivity index (χ4n) is 5.80. The van der Waals surface area contributed by atoms with Gasteiger partial charge >= 0.3 is 0 Å². The van der Waals surface area contributed by atoms with Crippen LogP contribution in [0.15, 0.2) is 78.9 Å². The Labute approximate surface area is 239 Å². The van der Waals surface area contributed by atoms with Gasteiger partial charge in [-0.15, -0.1) is 0 Å². The highest BCUT2D eigenvalue weighted by atomic mass is 16.2. The summed E-state index contributed by atoms with van der Waals surface area (Å²) >= 11 is 0. The van der Waals surface area contributed by atoms with Crippen molar-refractivity contribution in [3.05, 3.63) is 107 Å². The van der Waals surface area contributed by atoms with Crippen molar-refractivity contribution in [2.75, 3.05) is 6.54 Å². The van der Waals surface area contributed by atoms with Gasteiger partial charge in [-0.25, -0.2) is 0 Å². The largest absolute Gasteiger partial charge is 0.366 e. The second-order valence-electron chi connectivity index (χ2n) is 10.9. The van der Waals surface area contributed by atoms with Crippen LogP contribution in [0.2, 0.25) is 0 Å². The molecular formula is C32H35N5O4. The molecule has 1 saturated heterocycles. The molecule has 5 rings (SSSR count). The number of carbonyl (C=O) groups is 4. The zero-order valence-electron chi connectivity index (χ0n) is 23.0. The van der Waals surface area contributed by atoms with Gasteiger partial charge in [-0.3, -0.25) is 19.2 Å². The Morgan fingerprint density at radius 2 is 1.71 bits per heavy atom. The molecule has 1 aliphatic carbocycles. The van der Waals surface area contributed by atoms with Crippen LogP contribution >= 0.6 is 0 Å². The molecule has 2 aliphatic rings. The SMILES string of the molecule is CC(N)C(=O)NC(Cc1cccc(C(N)=O)c1)C(=O)N1CC(C(=O)NC2CCc3ccccc32)C1c1ccccc1. The summed E-state index contributed by atoms with van der Waals surface area (Å²) in [5.41, 5.74) is 15.4. The lowest BCUT2D eigenvalue weighted by molar-refractivity contribution is -0.154. The summed E-state index contributed by atoms with van der Waals surface area (Å²) in [5, 5.41) is 6.00. The number of primary amides is 1. The minimum atomic E-state index is -0.950. The molecule has 9 heteroatoms. The quantitative estimate of drug-likeness (QED) is 0.321. The van der Waals surface area contributed by atoms with Gasteiger partial charge in [0, 0.05) is 18.5 Å². The van der Waals surface area contributed by atoms with Crippen LogP contribution in [0.4, 0.5) is 0 Å². The van der Waals surface area contributed by atoms with Crippen molar-refractivity contribution in [3.8, 4) is 0 Å². The zero-order chi connectivity index (χ0) is 29.1. The number of benzene rings is 3. The van der Waals surface area contributed by atoms with Gasteiger partial charge in [0.2, 0.25) is 23.6 Å². The molecule has 0 saturated carbocycles. The second kappa shape index (κ2) is 11.9. The first kappa shape index (κ1) is 28.0. The van der Waals surface area contributed by atoms with Crippen LogP contribution in [0.1, 0.15) is 58.0 Å². The number of fused-ring (bicyclic) bond motifs is 1. The summed E-state index contributed by atoms with van der Waals surface area (Å²) in [7, 11) is 0. The normalized spacial score (nSPS) is 20.7. The predicted octanol–water partition coefficient (Wildman–Crippen LogP) is 2.16. The minimum Gasteiger partial charge on any atom is -0.366 e. The Kier molecular flexibility index (Phi) is 8.16. The number of carbonyl (C=O) groups excluding carboxylic acids is 4. The lowest BCUT2D eigenvalue weighted by Crippen LogP contribution is -2.62. The third kappa shape index (κ3) is 6.00. The highest BCUT2D eigenvalue weighted by Gasteiger charge is 2.49. The van der Waals surface area contributed by atoms with E-state index >= 15 is 0 Å². The maximum absolute atomic E-state index is 14.0. The van der Waals surface area contributed by atoms with Gasteiger partial charge in [0.05, 0.1) is 24.0 Å². The standard InChI is InChI=1S/C32H35N5O4/c1-19(33)30(39)36-27(17-20-8-7-12-23(16-20)29(34)38)32(41)37-18-25(28(37)22-10-3-2-4-11-22)31(40)35-26-15-14-21-9-5-6-13-24(21)26/h2-13,16,19,25-28H,14-15,17-18,33H2,1H3,(H2,34,38)(H,35,40)(H,36,39). The van der Waals surface area contributed by atoms with E-state index in [1.165, 1.54) is 5.56 Å². The summed E-state index contributed by atoms with van der Waals surface area (Å²) < 4.78 is 0. The van der Waals surface area contributed by atoms with Crippen LogP contribution < -0.4 is 22.1 Å². The van der Waals surface area contributed by atoms with Gasteiger partial charge in [0.1, 0.15) is 6.04 Å². The van der Waals surface area contributed by atoms with E-state index in [4.69, 9.17) is 11.5 Å². The molecule has 1 heterocycles.